The predicted octanol–water partition coefficient (Wildman–Crippen LogP) is 5.49. The van der Waals surface area contributed by atoms with Crippen LogP contribution < -0.4 is 0 Å². The molecule has 0 fully saturated rings. The molecule has 0 radical (unpaired) electrons. The summed E-state index contributed by atoms with van der Waals surface area (Å²) in [5.41, 5.74) is 2.54. The molecule has 0 atom stereocenters. The summed E-state index contributed by atoms with van der Waals surface area (Å²) in [6, 6.07) is 25.1. The van der Waals surface area contributed by atoms with Gasteiger partial charge in [-0.25, -0.2) is 0 Å². The highest BCUT2D eigenvalue weighted by Gasteiger charge is 2.12. The van der Waals surface area contributed by atoms with Crippen LogP contribution in [0.4, 0.5) is 0 Å². The first-order valence-electron chi connectivity index (χ1n) is 7.36. The first-order valence-corrected chi connectivity index (χ1v) is 8.70. The Labute approximate surface area is 134 Å². The van der Waals surface area contributed by atoms with Crippen molar-refractivity contribution >= 4 is 10.9 Å². The molecule has 0 spiro atoms. The van der Waals surface area contributed by atoms with E-state index in [-0.39, 0.29) is 0 Å². The van der Waals surface area contributed by atoms with Gasteiger partial charge >= 0.3 is 0 Å². The minimum atomic E-state index is -0.594. The van der Waals surface area contributed by atoms with Crippen molar-refractivity contribution in [3.05, 3.63) is 83.9 Å². The summed E-state index contributed by atoms with van der Waals surface area (Å²) in [5.74, 6) is 0.312. The summed E-state index contributed by atoms with van der Waals surface area (Å²) in [4.78, 5) is 3.91. The van der Waals surface area contributed by atoms with Gasteiger partial charge < -0.3 is 5.11 Å². The van der Waals surface area contributed by atoms with Gasteiger partial charge in [0.2, 0.25) is 0 Å². The van der Waals surface area contributed by atoms with Crippen LogP contribution in [-0.2, 0) is 0 Å². The number of phenols is 1. The topological polar surface area (TPSA) is 20.2 Å². The number of hydrogen-bond donors (Lipinski definition) is 2. The van der Waals surface area contributed by atoms with Crippen LogP contribution in [0.1, 0.15) is 11.1 Å². The van der Waals surface area contributed by atoms with Crippen LogP contribution in [0.5, 0.6) is 5.75 Å². The summed E-state index contributed by atoms with van der Waals surface area (Å²) in [6.45, 7) is 4.22. The van der Waals surface area contributed by atoms with Crippen molar-refractivity contribution in [1.82, 2.24) is 0 Å². The highest BCUT2D eigenvalue weighted by Crippen LogP contribution is 2.51. The van der Waals surface area contributed by atoms with Gasteiger partial charge in [0.25, 0.3) is 0 Å². The highest BCUT2D eigenvalue weighted by molar-refractivity contribution is 8.17. The van der Waals surface area contributed by atoms with Gasteiger partial charge in [0.1, 0.15) is 5.75 Å². The zero-order valence-corrected chi connectivity index (χ0v) is 13.7. The molecule has 0 heterocycles. The monoisotopic (exact) mass is 308 g/mol. The number of aryl methyl sites for hydroxylation is 2. The van der Waals surface area contributed by atoms with Crippen LogP contribution >= 0.6 is 10.9 Å². The smallest absolute Gasteiger partial charge is 0.115 e. The van der Waals surface area contributed by atoms with Gasteiger partial charge in [-0.05, 0) is 77.1 Å². The van der Waals surface area contributed by atoms with Gasteiger partial charge in [0.05, 0.1) is 0 Å². The lowest BCUT2D eigenvalue weighted by atomic mass is 10.2. The van der Waals surface area contributed by atoms with E-state index in [0.29, 0.717) is 5.75 Å². The lowest BCUT2D eigenvalue weighted by Gasteiger charge is -2.23. The molecule has 0 bridgehead atoms. The maximum Gasteiger partial charge on any atom is 0.115 e. The molecule has 1 N–H and O–H groups in total. The van der Waals surface area contributed by atoms with Crippen LogP contribution in [0.15, 0.2) is 87.5 Å². The molecule has 0 amide bonds. The van der Waals surface area contributed by atoms with Crippen molar-refractivity contribution in [2.45, 2.75) is 28.5 Å². The second-order valence-corrected chi connectivity index (χ2v) is 7.74. The Kier molecular flexibility index (Phi) is 4.21. The standard InChI is InChI=1S/C20H20OS/c1-15-3-9-18(10-4-15)22(19-11-5-16(2)6-12-19)20-13-7-17(21)8-14-20/h3-14,21-22H,1-2H3. The van der Waals surface area contributed by atoms with Crippen LogP contribution in [0.25, 0.3) is 0 Å². The molecule has 0 aliphatic carbocycles. The quantitative estimate of drug-likeness (QED) is 0.613. The molecule has 0 aromatic heterocycles. The fraction of sp³-hybridized carbons (Fsp3) is 0.100. The van der Waals surface area contributed by atoms with Gasteiger partial charge in [0.15, 0.2) is 0 Å². The van der Waals surface area contributed by atoms with Crippen LogP contribution in [0.3, 0.4) is 0 Å². The van der Waals surface area contributed by atoms with Crippen molar-refractivity contribution in [2.75, 3.05) is 0 Å². The third kappa shape index (κ3) is 3.18. The number of benzene rings is 3. The summed E-state index contributed by atoms with van der Waals surface area (Å²) >= 11 is 0. The fourth-order valence-corrected chi connectivity index (χ4v) is 4.67. The second kappa shape index (κ2) is 6.29. The van der Waals surface area contributed by atoms with Gasteiger partial charge in [-0.15, -0.1) is 0 Å². The Bertz CT molecular complexity index is 635. The van der Waals surface area contributed by atoms with Gasteiger partial charge in [-0.3, -0.25) is 0 Å². The van der Waals surface area contributed by atoms with E-state index in [1.54, 1.807) is 12.1 Å². The third-order valence-corrected chi connectivity index (χ3v) is 6.14. The number of phenolic OH excluding ortho intramolecular Hbond substituents is 1. The van der Waals surface area contributed by atoms with Crippen LogP contribution in [0.2, 0.25) is 0 Å². The summed E-state index contributed by atoms with van der Waals surface area (Å²) in [5, 5.41) is 9.56. The first-order chi connectivity index (χ1) is 10.6. The first kappa shape index (κ1) is 14.7. The molecule has 0 saturated heterocycles. The predicted molar refractivity (Wildman–Crippen MR) is 94.2 cm³/mol. The Morgan fingerprint density at radius 3 is 1.23 bits per heavy atom. The maximum atomic E-state index is 9.56. The van der Waals surface area contributed by atoms with E-state index in [2.05, 4.69) is 62.4 Å². The summed E-state index contributed by atoms with van der Waals surface area (Å²) in [7, 11) is -0.594. The van der Waals surface area contributed by atoms with Crippen molar-refractivity contribution in [2.24, 2.45) is 0 Å². The zero-order valence-electron chi connectivity index (χ0n) is 12.8. The van der Waals surface area contributed by atoms with Crippen LogP contribution in [-0.4, -0.2) is 5.11 Å². The molecule has 0 aliphatic rings. The molecule has 22 heavy (non-hydrogen) atoms. The molecule has 1 nitrogen and oxygen atoms in total. The molecule has 0 aliphatic heterocycles. The molecule has 0 saturated carbocycles. The van der Waals surface area contributed by atoms with Crippen LogP contribution in [0, 0.1) is 13.8 Å². The van der Waals surface area contributed by atoms with E-state index in [1.165, 1.54) is 25.8 Å². The Morgan fingerprint density at radius 1 is 0.545 bits per heavy atom. The van der Waals surface area contributed by atoms with E-state index >= 15 is 0 Å². The van der Waals surface area contributed by atoms with Crippen molar-refractivity contribution in [3.63, 3.8) is 0 Å². The average Bonchev–Trinajstić information content (AvgIpc) is 2.53. The lowest BCUT2D eigenvalue weighted by Crippen LogP contribution is -1.89. The molecule has 2 heteroatoms. The normalized spacial score (nSPS) is 11.3. The van der Waals surface area contributed by atoms with E-state index in [4.69, 9.17) is 0 Å². The molecule has 0 unspecified atom stereocenters. The number of hydrogen-bond acceptors (Lipinski definition) is 1. The molecule has 3 rings (SSSR count). The molecule has 3 aromatic carbocycles. The van der Waals surface area contributed by atoms with Crippen molar-refractivity contribution in [3.8, 4) is 5.75 Å². The van der Waals surface area contributed by atoms with Crippen molar-refractivity contribution < 1.29 is 5.11 Å². The Hall–Kier alpha value is -2.19. The summed E-state index contributed by atoms with van der Waals surface area (Å²) < 4.78 is 0. The largest absolute Gasteiger partial charge is 0.508 e. The molecule has 3 aromatic rings. The van der Waals surface area contributed by atoms with Crippen molar-refractivity contribution in [1.29, 1.82) is 0 Å². The summed E-state index contributed by atoms with van der Waals surface area (Å²) in [6.07, 6.45) is 0. The number of rotatable bonds is 3. The number of aromatic hydroxyl groups is 1. The SMILES string of the molecule is Cc1ccc([SH](c2ccc(C)cc2)c2ccc(O)cc2)cc1. The van der Waals surface area contributed by atoms with E-state index in [9.17, 15) is 5.11 Å². The van der Waals surface area contributed by atoms with E-state index in [0.717, 1.165) is 0 Å². The molecular formula is C20H20OS. The minimum absolute atomic E-state index is 0.312. The Morgan fingerprint density at radius 2 is 0.864 bits per heavy atom. The molecular weight excluding hydrogens is 288 g/mol. The molecule has 112 valence electrons. The highest BCUT2D eigenvalue weighted by atomic mass is 32.2. The van der Waals surface area contributed by atoms with Gasteiger partial charge in [-0.1, -0.05) is 35.4 Å². The van der Waals surface area contributed by atoms with Gasteiger partial charge in [-0.2, -0.15) is 10.9 Å². The number of thiol groups is 1. The average molecular weight is 308 g/mol. The fourth-order valence-electron chi connectivity index (χ4n) is 2.44. The zero-order chi connectivity index (χ0) is 15.5. The minimum Gasteiger partial charge on any atom is -0.508 e. The Balaban J connectivity index is 2.10. The van der Waals surface area contributed by atoms with Gasteiger partial charge in [0, 0.05) is 0 Å². The van der Waals surface area contributed by atoms with E-state index < -0.39 is 10.9 Å². The van der Waals surface area contributed by atoms with E-state index in [1.807, 2.05) is 12.1 Å². The maximum absolute atomic E-state index is 9.56. The lowest BCUT2D eigenvalue weighted by molar-refractivity contribution is 0.475. The third-order valence-electron chi connectivity index (χ3n) is 3.69. The second-order valence-electron chi connectivity index (χ2n) is 5.52.